The number of aromatic nitrogens is 4. The molecule has 0 aliphatic rings. The Labute approximate surface area is 134 Å². The molecule has 6 nitrogen and oxygen atoms in total. The molecular weight excluding hydrogens is 292 g/mol. The maximum absolute atomic E-state index is 10.4. The van der Waals surface area contributed by atoms with E-state index in [4.69, 9.17) is 0 Å². The SMILES string of the molecule is CC(C)c1c(O)nc(-n2ccnc2)nc1-c1ccc(CO)cc1. The van der Waals surface area contributed by atoms with Gasteiger partial charge in [-0.05, 0) is 11.5 Å². The summed E-state index contributed by atoms with van der Waals surface area (Å²) >= 11 is 0. The fourth-order valence-corrected chi connectivity index (χ4v) is 2.46. The highest BCUT2D eigenvalue weighted by Crippen LogP contribution is 2.33. The Morgan fingerprint density at radius 1 is 1.13 bits per heavy atom. The summed E-state index contributed by atoms with van der Waals surface area (Å²) in [5.74, 6) is 0.407. The van der Waals surface area contributed by atoms with Gasteiger partial charge in [0, 0.05) is 23.5 Å². The van der Waals surface area contributed by atoms with Crippen molar-refractivity contribution in [2.75, 3.05) is 0 Å². The van der Waals surface area contributed by atoms with Crippen LogP contribution in [-0.4, -0.2) is 29.7 Å². The van der Waals surface area contributed by atoms with Gasteiger partial charge in [-0.15, -0.1) is 0 Å². The molecule has 118 valence electrons. The van der Waals surface area contributed by atoms with E-state index in [0.29, 0.717) is 17.2 Å². The molecule has 23 heavy (non-hydrogen) atoms. The molecule has 0 fully saturated rings. The molecule has 0 spiro atoms. The zero-order chi connectivity index (χ0) is 16.4. The maximum atomic E-state index is 10.4. The average Bonchev–Trinajstić information content (AvgIpc) is 3.08. The molecule has 0 atom stereocenters. The molecule has 0 radical (unpaired) electrons. The highest BCUT2D eigenvalue weighted by molar-refractivity contribution is 5.66. The molecule has 3 rings (SSSR count). The van der Waals surface area contributed by atoms with Crippen LogP contribution in [0.15, 0.2) is 43.0 Å². The van der Waals surface area contributed by atoms with E-state index in [2.05, 4.69) is 15.0 Å². The molecule has 6 heteroatoms. The van der Waals surface area contributed by atoms with Crippen LogP contribution in [0.5, 0.6) is 5.88 Å². The van der Waals surface area contributed by atoms with Crippen LogP contribution in [0.3, 0.4) is 0 Å². The summed E-state index contributed by atoms with van der Waals surface area (Å²) in [7, 11) is 0. The molecule has 0 amide bonds. The number of rotatable bonds is 4. The van der Waals surface area contributed by atoms with Gasteiger partial charge in [-0.3, -0.25) is 4.57 Å². The highest BCUT2D eigenvalue weighted by atomic mass is 16.3. The van der Waals surface area contributed by atoms with Gasteiger partial charge in [-0.25, -0.2) is 9.97 Å². The Bertz CT molecular complexity index is 796. The molecule has 1 aromatic carbocycles. The fourth-order valence-electron chi connectivity index (χ4n) is 2.46. The van der Waals surface area contributed by atoms with Crippen molar-refractivity contribution in [1.82, 2.24) is 19.5 Å². The Balaban J connectivity index is 2.18. The van der Waals surface area contributed by atoms with Crippen molar-refractivity contribution in [3.8, 4) is 23.1 Å². The number of benzene rings is 1. The summed E-state index contributed by atoms with van der Waals surface area (Å²) in [4.78, 5) is 12.8. The van der Waals surface area contributed by atoms with Crippen molar-refractivity contribution >= 4 is 0 Å². The predicted molar refractivity (Wildman–Crippen MR) is 86.3 cm³/mol. The molecule has 2 N–H and O–H groups in total. The van der Waals surface area contributed by atoms with Crippen molar-refractivity contribution in [2.24, 2.45) is 0 Å². The fraction of sp³-hybridized carbons (Fsp3) is 0.235. The van der Waals surface area contributed by atoms with Crippen LogP contribution in [-0.2, 0) is 6.61 Å². The van der Waals surface area contributed by atoms with Gasteiger partial charge in [0.15, 0.2) is 0 Å². The summed E-state index contributed by atoms with van der Waals surface area (Å²) in [6.45, 7) is 3.97. The van der Waals surface area contributed by atoms with Crippen LogP contribution in [0.25, 0.3) is 17.2 Å². The zero-order valence-corrected chi connectivity index (χ0v) is 13.0. The standard InChI is InChI=1S/C17H18N4O2/c1-11(2)14-15(13-5-3-12(9-22)4-6-13)19-17(20-16(14)23)21-8-7-18-10-21/h3-8,10-11,22H,9H2,1-2H3,(H,19,20,23). The number of nitrogens with zero attached hydrogens (tertiary/aromatic N) is 4. The molecular formula is C17H18N4O2. The lowest BCUT2D eigenvalue weighted by atomic mass is 9.97. The quantitative estimate of drug-likeness (QED) is 0.774. The van der Waals surface area contributed by atoms with E-state index >= 15 is 0 Å². The smallest absolute Gasteiger partial charge is 0.238 e. The van der Waals surface area contributed by atoms with Gasteiger partial charge in [-0.1, -0.05) is 38.1 Å². The van der Waals surface area contributed by atoms with E-state index in [-0.39, 0.29) is 18.4 Å². The Morgan fingerprint density at radius 3 is 2.43 bits per heavy atom. The summed E-state index contributed by atoms with van der Waals surface area (Å²) < 4.78 is 1.65. The van der Waals surface area contributed by atoms with Gasteiger partial charge in [0.2, 0.25) is 11.8 Å². The minimum absolute atomic E-state index is 0.00731. The lowest BCUT2D eigenvalue weighted by Crippen LogP contribution is -2.05. The Hall–Kier alpha value is -2.73. The molecule has 0 aliphatic heterocycles. The largest absolute Gasteiger partial charge is 0.493 e. The minimum atomic E-state index is -0.0278. The first kappa shape index (κ1) is 15.2. The lowest BCUT2D eigenvalue weighted by Gasteiger charge is -2.15. The van der Waals surface area contributed by atoms with E-state index < -0.39 is 0 Å². The number of imidazole rings is 1. The third-order valence-electron chi connectivity index (χ3n) is 3.64. The zero-order valence-electron chi connectivity index (χ0n) is 13.0. The highest BCUT2D eigenvalue weighted by Gasteiger charge is 2.19. The molecule has 2 heterocycles. The van der Waals surface area contributed by atoms with Crippen LogP contribution < -0.4 is 0 Å². The maximum Gasteiger partial charge on any atom is 0.238 e. The molecule has 0 saturated heterocycles. The second-order valence-corrected chi connectivity index (χ2v) is 5.59. The van der Waals surface area contributed by atoms with Crippen molar-refractivity contribution in [3.63, 3.8) is 0 Å². The Morgan fingerprint density at radius 2 is 1.87 bits per heavy atom. The molecule has 3 aromatic rings. The second-order valence-electron chi connectivity index (χ2n) is 5.59. The number of aliphatic hydroxyl groups is 1. The van der Waals surface area contributed by atoms with Crippen LogP contribution in [0.1, 0.15) is 30.9 Å². The average molecular weight is 310 g/mol. The van der Waals surface area contributed by atoms with E-state index in [1.807, 2.05) is 38.1 Å². The summed E-state index contributed by atoms with van der Waals surface area (Å²) in [6, 6.07) is 7.46. The van der Waals surface area contributed by atoms with Gasteiger partial charge in [-0.2, -0.15) is 4.98 Å². The first-order valence-corrected chi connectivity index (χ1v) is 7.39. The second kappa shape index (κ2) is 6.18. The van der Waals surface area contributed by atoms with Gasteiger partial charge < -0.3 is 10.2 Å². The van der Waals surface area contributed by atoms with Crippen molar-refractivity contribution in [2.45, 2.75) is 26.4 Å². The number of hydrogen-bond acceptors (Lipinski definition) is 5. The first-order chi connectivity index (χ1) is 11.1. The first-order valence-electron chi connectivity index (χ1n) is 7.39. The van der Waals surface area contributed by atoms with E-state index in [1.54, 1.807) is 23.3 Å². The number of hydrogen-bond donors (Lipinski definition) is 2. The molecule has 0 aliphatic carbocycles. The van der Waals surface area contributed by atoms with Gasteiger partial charge in [0.05, 0.1) is 12.3 Å². The van der Waals surface area contributed by atoms with Crippen LogP contribution in [0.2, 0.25) is 0 Å². The summed E-state index contributed by atoms with van der Waals surface area (Å²) in [5.41, 5.74) is 3.07. The number of aromatic hydroxyl groups is 1. The third-order valence-corrected chi connectivity index (χ3v) is 3.64. The molecule has 0 bridgehead atoms. The lowest BCUT2D eigenvalue weighted by molar-refractivity contribution is 0.282. The van der Waals surface area contributed by atoms with Crippen molar-refractivity contribution in [1.29, 1.82) is 0 Å². The predicted octanol–water partition coefficient (Wildman–Crippen LogP) is 2.65. The van der Waals surface area contributed by atoms with E-state index in [9.17, 15) is 10.2 Å². The van der Waals surface area contributed by atoms with Gasteiger partial charge >= 0.3 is 0 Å². The van der Waals surface area contributed by atoms with Gasteiger partial charge in [0.25, 0.3) is 0 Å². The van der Waals surface area contributed by atoms with Crippen molar-refractivity contribution < 1.29 is 10.2 Å². The van der Waals surface area contributed by atoms with Crippen molar-refractivity contribution in [3.05, 3.63) is 54.1 Å². The molecule has 0 unspecified atom stereocenters. The van der Waals surface area contributed by atoms with Crippen LogP contribution in [0, 0.1) is 0 Å². The van der Waals surface area contributed by atoms with Crippen LogP contribution in [0.4, 0.5) is 0 Å². The minimum Gasteiger partial charge on any atom is -0.493 e. The summed E-state index contributed by atoms with van der Waals surface area (Å²) in [5, 5.41) is 19.6. The molecule has 0 saturated carbocycles. The molecule has 2 aromatic heterocycles. The topological polar surface area (TPSA) is 84.1 Å². The summed E-state index contributed by atoms with van der Waals surface area (Å²) in [6.07, 6.45) is 4.94. The normalized spacial score (nSPS) is 11.1. The third kappa shape index (κ3) is 2.93. The Kier molecular flexibility index (Phi) is 4.08. The van der Waals surface area contributed by atoms with Crippen LogP contribution >= 0.6 is 0 Å². The van der Waals surface area contributed by atoms with E-state index in [0.717, 1.165) is 11.1 Å². The monoisotopic (exact) mass is 310 g/mol. The number of aliphatic hydroxyl groups excluding tert-OH is 1. The van der Waals surface area contributed by atoms with Gasteiger partial charge in [0.1, 0.15) is 6.33 Å². The van der Waals surface area contributed by atoms with E-state index in [1.165, 1.54) is 0 Å².